The van der Waals surface area contributed by atoms with Crippen molar-refractivity contribution < 1.29 is 19.1 Å². The van der Waals surface area contributed by atoms with E-state index >= 15 is 0 Å². The number of pyridine rings is 1. The van der Waals surface area contributed by atoms with Gasteiger partial charge in [0.2, 0.25) is 5.91 Å². The average molecular weight is 382 g/mol. The van der Waals surface area contributed by atoms with Crippen LogP contribution in [0.4, 0.5) is 11.5 Å². The van der Waals surface area contributed by atoms with Crippen molar-refractivity contribution in [1.82, 2.24) is 14.8 Å². The smallest absolute Gasteiger partial charge is 0.337 e. The van der Waals surface area contributed by atoms with Crippen LogP contribution in [-0.2, 0) is 9.53 Å². The average Bonchev–Trinajstić information content (AvgIpc) is 2.73. The summed E-state index contributed by atoms with van der Waals surface area (Å²) in [7, 11) is 1.33. The Balaban J connectivity index is 1.63. The number of piperazine rings is 1. The minimum absolute atomic E-state index is 0.0282. The molecule has 0 bridgehead atoms. The van der Waals surface area contributed by atoms with E-state index in [1.54, 1.807) is 40.1 Å². The number of hydrogen-bond acceptors (Lipinski definition) is 6. The number of benzene rings is 1. The molecule has 146 valence electrons. The Labute approximate surface area is 163 Å². The number of anilines is 2. The summed E-state index contributed by atoms with van der Waals surface area (Å²) in [4.78, 5) is 43.4. The predicted molar refractivity (Wildman–Crippen MR) is 103 cm³/mol. The molecule has 2 heterocycles. The summed E-state index contributed by atoms with van der Waals surface area (Å²) < 4.78 is 4.71. The number of carbonyl (C=O) groups excluding carboxylic acids is 3. The van der Waals surface area contributed by atoms with Crippen LogP contribution in [0.3, 0.4) is 0 Å². The number of ether oxygens (including phenoxy) is 1. The molecule has 1 aromatic carbocycles. The van der Waals surface area contributed by atoms with E-state index in [2.05, 4.69) is 10.3 Å². The van der Waals surface area contributed by atoms with E-state index < -0.39 is 5.97 Å². The van der Waals surface area contributed by atoms with Gasteiger partial charge in [-0.2, -0.15) is 0 Å². The van der Waals surface area contributed by atoms with Crippen LogP contribution in [0.1, 0.15) is 27.6 Å². The third-order valence-electron chi connectivity index (χ3n) is 4.58. The number of rotatable bonds is 4. The Kier molecular flexibility index (Phi) is 5.88. The highest BCUT2D eigenvalue weighted by Crippen LogP contribution is 2.17. The van der Waals surface area contributed by atoms with Crippen LogP contribution in [0.2, 0.25) is 0 Å². The van der Waals surface area contributed by atoms with Crippen LogP contribution in [0, 0.1) is 0 Å². The first kappa shape index (κ1) is 19.3. The first-order valence-electron chi connectivity index (χ1n) is 8.94. The summed E-state index contributed by atoms with van der Waals surface area (Å²) in [5.41, 5.74) is 1.61. The minimum atomic E-state index is -0.414. The van der Waals surface area contributed by atoms with Gasteiger partial charge in [-0.15, -0.1) is 0 Å². The van der Waals surface area contributed by atoms with Crippen LogP contribution in [0.5, 0.6) is 0 Å². The zero-order valence-corrected chi connectivity index (χ0v) is 15.8. The highest BCUT2D eigenvalue weighted by atomic mass is 16.5. The van der Waals surface area contributed by atoms with Gasteiger partial charge in [-0.1, -0.05) is 6.07 Å². The van der Waals surface area contributed by atoms with Crippen molar-refractivity contribution in [3.05, 3.63) is 53.7 Å². The summed E-state index contributed by atoms with van der Waals surface area (Å²) in [6.07, 6.45) is 1.52. The monoisotopic (exact) mass is 382 g/mol. The number of hydrogen-bond donors (Lipinski definition) is 1. The molecule has 0 atom stereocenters. The molecule has 28 heavy (non-hydrogen) atoms. The van der Waals surface area contributed by atoms with E-state index in [-0.39, 0.29) is 11.8 Å². The maximum absolute atomic E-state index is 12.6. The normalized spacial score (nSPS) is 13.8. The second-order valence-corrected chi connectivity index (χ2v) is 6.43. The van der Waals surface area contributed by atoms with Gasteiger partial charge in [0.25, 0.3) is 5.91 Å². The third-order valence-corrected chi connectivity index (χ3v) is 4.58. The molecule has 1 saturated heterocycles. The molecule has 0 saturated carbocycles. The molecule has 1 aliphatic rings. The fourth-order valence-corrected chi connectivity index (χ4v) is 2.99. The molecular formula is C20H22N4O4. The highest BCUT2D eigenvalue weighted by Gasteiger charge is 2.23. The zero-order valence-electron chi connectivity index (χ0n) is 15.8. The molecule has 0 aliphatic carbocycles. The lowest BCUT2D eigenvalue weighted by Gasteiger charge is -2.34. The van der Waals surface area contributed by atoms with Gasteiger partial charge in [0.05, 0.1) is 18.2 Å². The van der Waals surface area contributed by atoms with Gasteiger partial charge in [0.15, 0.2) is 0 Å². The van der Waals surface area contributed by atoms with Gasteiger partial charge in [0.1, 0.15) is 5.82 Å². The molecule has 2 aromatic rings. The van der Waals surface area contributed by atoms with Gasteiger partial charge in [-0.3, -0.25) is 9.59 Å². The van der Waals surface area contributed by atoms with Gasteiger partial charge in [0, 0.05) is 45.0 Å². The lowest BCUT2D eigenvalue weighted by atomic mass is 10.2. The second-order valence-electron chi connectivity index (χ2n) is 6.43. The lowest BCUT2D eigenvalue weighted by molar-refractivity contribution is -0.130. The van der Waals surface area contributed by atoms with Crippen LogP contribution < -0.4 is 5.32 Å². The van der Waals surface area contributed by atoms with Crippen molar-refractivity contribution >= 4 is 29.3 Å². The van der Waals surface area contributed by atoms with Gasteiger partial charge in [-0.25, -0.2) is 9.78 Å². The number of esters is 1. The third kappa shape index (κ3) is 4.46. The summed E-state index contributed by atoms with van der Waals surface area (Å²) in [5.74, 6) is 0.0674. The summed E-state index contributed by atoms with van der Waals surface area (Å²) in [6.45, 7) is 3.65. The van der Waals surface area contributed by atoms with E-state index in [1.807, 2.05) is 6.07 Å². The largest absolute Gasteiger partial charge is 0.465 e. The Hall–Kier alpha value is -3.42. The highest BCUT2D eigenvalue weighted by molar-refractivity contribution is 5.94. The first-order chi connectivity index (χ1) is 13.5. The molecule has 3 rings (SSSR count). The fraction of sp³-hybridized carbons (Fsp3) is 0.300. The van der Waals surface area contributed by atoms with Gasteiger partial charge in [-0.05, 0) is 30.3 Å². The molecule has 0 spiro atoms. The Morgan fingerprint density at radius 2 is 1.71 bits per heavy atom. The number of aromatic nitrogens is 1. The van der Waals surface area contributed by atoms with Crippen molar-refractivity contribution in [3.63, 3.8) is 0 Å². The van der Waals surface area contributed by atoms with Crippen molar-refractivity contribution in [1.29, 1.82) is 0 Å². The summed E-state index contributed by atoms with van der Waals surface area (Å²) in [5, 5.41) is 3.10. The number of nitrogens with one attached hydrogen (secondary N) is 1. The van der Waals surface area contributed by atoms with Crippen LogP contribution >= 0.6 is 0 Å². The van der Waals surface area contributed by atoms with E-state index in [4.69, 9.17) is 4.74 Å². The molecule has 2 amide bonds. The van der Waals surface area contributed by atoms with Crippen LogP contribution in [0.15, 0.2) is 42.6 Å². The van der Waals surface area contributed by atoms with E-state index in [0.717, 1.165) is 0 Å². The predicted octanol–water partition coefficient (Wildman–Crippen LogP) is 1.92. The second kappa shape index (κ2) is 8.51. The standard InChI is InChI=1S/C20H22N4O4/c1-14(25)23-8-10-24(11-9-23)19(26)16-6-7-18(21-13-16)22-17-5-3-4-15(12-17)20(27)28-2/h3-7,12-13H,8-11H2,1-2H3,(H,21,22). The molecule has 1 aliphatic heterocycles. The van der Waals surface area contributed by atoms with Crippen molar-refractivity contribution in [3.8, 4) is 0 Å². The number of amides is 2. The van der Waals surface area contributed by atoms with Crippen molar-refractivity contribution in [2.45, 2.75) is 6.92 Å². The van der Waals surface area contributed by atoms with Crippen molar-refractivity contribution in [2.24, 2.45) is 0 Å². The van der Waals surface area contributed by atoms with E-state index in [0.29, 0.717) is 48.8 Å². The van der Waals surface area contributed by atoms with Crippen molar-refractivity contribution in [2.75, 3.05) is 38.6 Å². The van der Waals surface area contributed by atoms with E-state index in [1.165, 1.54) is 20.2 Å². The molecule has 1 fully saturated rings. The zero-order chi connectivity index (χ0) is 20.1. The maximum atomic E-state index is 12.6. The van der Waals surface area contributed by atoms with Crippen LogP contribution in [-0.4, -0.2) is 65.9 Å². The number of methoxy groups -OCH3 is 1. The first-order valence-corrected chi connectivity index (χ1v) is 8.94. The molecule has 0 unspecified atom stereocenters. The van der Waals surface area contributed by atoms with Gasteiger partial charge >= 0.3 is 5.97 Å². The molecule has 1 aromatic heterocycles. The van der Waals surface area contributed by atoms with Crippen LogP contribution in [0.25, 0.3) is 0 Å². The Morgan fingerprint density at radius 1 is 1.00 bits per heavy atom. The number of nitrogens with zero attached hydrogens (tertiary/aromatic N) is 3. The Morgan fingerprint density at radius 3 is 2.32 bits per heavy atom. The molecule has 0 radical (unpaired) electrons. The van der Waals surface area contributed by atoms with E-state index in [9.17, 15) is 14.4 Å². The van der Waals surface area contributed by atoms with Gasteiger partial charge < -0.3 is 19.9 Å². The fourth-order valence-electron chi connectivity index (χ4n) is 2.99. The Bertz CT molecular complexity index is 874. The molecule has 1 N–H and O–H groups in total. The summed E-state index contributed by atoms with van der Waals surface area (Å²) in [6, 6.07) is 10.3. The summed E-state index contributed by atoms with van der Waals surface area (Å²) >= 11 is 0. The topological polar surface area (TPSA) is 91.8 Å². The molecule has 8 heteroatoms. The molecule has 8 nitrogen and oxygen atoms in total. The maximum Gasteiger partial charge on any atom is 0.337 e. The lowest BCUT2D eigenvalue weighted by Crippen LogP contribution is -2.50. The number of carbonyl (C=O) groups is 3. The molecular weight excluding hydrogens is 360 g/mol. The minimum Gasteiger partial charge on any atom is -0.465 e. The quantitative estimate of drug-likeness (QED) is 0.813. The SMILES string of the molecule is COC(=O)c1cccc(Nc2ccc(C(=O)N3CCN(C(C)=O)CC3)cn2)c1.